The third-order valence-electron chi connectivity index (χ3n) is 3.46. The molecule has 17 heavy (non-hydrogen) atoms. The molecule has 4 heteroatoms. The van der Waals surface area contributed by atoms with Crippen molar-refractivity contribution < 1.29 is 5.11 Å². The van der Waals surface area contributed by atoms with Crippen molar-refractivity contribution in [1.82, 2.24) is 9.88 Å². The van der Waals surface area contributed by atoms with Gasteiger partial charge in [0.25, 0.3) is 0 Å². The number of aliphatic hydroxyl groups is 1. The van der Waals surface area contributed by atoms with Gasteiger partial charge in [0, 0.05) is 42.6 Å². The van der Waals surface area contributed by atoms with Gasteiger partial charge in [-0.1, -0.05) is 0 Å². The lowest BCUT2D eigenvalue weighted by molar-refractivity contribution is 0.202. The van der Waals surface area contributed by atoms with E-state index in [-0.39, 0.29) is 6.61 Å². The highest BCUT2D eigenvalue weighted by Crippen LogP contribution is 2.25. The van der Waals surface area contributed by atoms with E-state index < -0.39 is 0 Å². The lowest BCUT2D eigenvalue weighted by Gasteiger charge is -2.27. The van der Waals surface area contributed by atoms with E-state index in [4.69, 9.17) is 5.11 Å². The third-order valence-corrected chi connectivity index (χ3v) is 4.54. The van der Waals surface area contributed by atoms with Crippen LogP contribution in [0.4, 0.5) is 0 Å². The van der Waals surface area contributed by atoms with Crippen LogP contribution in [0.3, 0.4) is 0 Å². The minimum absolute atomic E-state index is 0.225. The summed E-state index contributed by atoms with van der Waals surface area (Å²) in [5, 5.41) is 10.1. The number of hydrogen-bond acceptors (Lipinski definition) is 4. The fraction of sp³-hybridized carbons (Fsp3) is 0.769. The Bertz CT molecular complexity index is 351. The Hall–Kier alpha value is -0.450. The molecule has 1 aliphatic heterocycles. The highest BCUT2D eigenvalue weighted by Gasteiger charge is 2.27. The molecule has 1 aromatic heterocycles. The Balaban J connectivity index is 1.95. The second-order valence-electron chi connectivity index (χ2n) is 5.03. The van der Waals surface area contributed by atoms with Gasteiger partial charge in [0.1, 0.15) is 0 Å². The van der Waals surface area contributed by atoms with E-state index >= 15 is 0 Å². The van der Waals surface area contributed by atoms with E-state index in [1.165, 1.54) is 29.3 Å². The SMILES string of the molecule is CC(C)N1CCCC1Cc1ncc(CCO)s1. The quantitative estimate of drug-likeness (QED) is 0.874. The maximum atomic E-state index is 8.90. The lowest BCUT2D eigenvalue weighted by atomic mass is 10.1. The first-order valence-electron chi connectivity index (χ1n) is 6.51. The van der Waals surface area contributed by atoms with Crippen molar-refractivity contribution in [3.63, 3.8) is 0 Å². The van der Waals surface area contributed by atoms with E-state index in [2.05, 4.69) is 23.7 Å². The molecule has 1 aliphatic rings. The summed E-state index contributed by atoms with van der Waals surface area (Å²) >= 11 is 1.76. The van der Waals surface area contributed by atoms with Gasteiger partial charge in [-0.15, -0.1) is 11.3 Å². The highest BCUT2D eigenvalue weighted by molar-refractivity contribution is 7.11. The molecular formula is C13H22N2OS. The first-order chi connectivity index (χ1) is 8.20. The van der Waals surface area contributed by atoms with Crippen molar-refractivity contribution in [2.24, 2.45) is 0 Å². The first-order valence-corrected chi connectivity index (χ1v) is 7.32. The van der Waals surface area contributed by atoms with E-state index in [1.54, 1.807) is 11.3 Å². The molecule has 0 aromatic carbocycles. The summed E-state index contributed by atoms with van der Waals surface area (Å²) in [6.07, 6.45) is 6.36. The average Bonchev–Trinajstić information content (AvgIpc) is 2.89. The lowest BCUT2D eigenvalue weighted by Crippen LogP contribution is -2.36. The van der Waals surface area contributed by atoms with Crippen molar-refractivity contribution in [2.45, 2.75) is 51.6 Å². The highest BCUT2D eigenvalue weighted by atomic mass is 32.1. The molecule has 0 spiro atoms. The second kappa shape index (κ2) is 5.94. The van der Waals surface area contributed by atoms with Crippen LogP contribution in [0.2, 0.25) is 0 Å². The molecule has 1 unspecified atom stereocenters. The van der Waals surface area contributed by atoms with Gasteiger partial charge in [-0.2, -0.15) is 0 Å². The summed E-state index contributed by atoms with van der Waals surface area (Å²) in [6.45, 7) is 6.01. The second-order valence-corrected chi connectivity index (χ2v) is 6.23. The normalized spacial score (nSPS) is 21.5. The maximum Gasteiger partial charge on any atom is 0.0943 e. The zero-order chi connectivity index (χ0) is 12.3. The van der Waals surface area contributed by atoms with E-state index in [9.17, 15) is 0 Å². The standard InChI is InChI=1S/C13H22N2OS/c1-10(2)15-6-3-4-11(15)8-13-14-9-12(17-13)5-7-16/h9-11,16H,3-8H2,1-2H3. The Morgan fingerprint density at radius 3 is 3.12 bits per heavy atom. The molecule has 1 atom stereocenters. The van der Waals surface area contributed by atoms with Gasteiger partial charge in [0.05, 0.1) is 5.01 Å². The Morgan fingerprint density at radius 1 is 1.59 bits per heavy atom. The largest absolute Gasteiger partial charge is 0.396 e. The number of thiazole rings is 1. The number of hydrogen-bond donors (Lipinski definition) is 1. The van der Waals surface area contributed by atoms with Gasteiger partial charge in [-0.05, 0) is 33.2 Å². The molecule has 96 valence electrons. The average molecular weight is 254 g/mol. The van der Waals surface area contributed by atoms with Crippen LogP contribution < -0.4 is 0 Å². The van der Waals surface area contributed by atoms with Crippen LogP contribution in [0.15, 0.2) is 6.20 Å². The van der Waals surface area contributed by atoms with Gasteiger partial charge in [-0.25, -0.2) is 4.98 Å². The fourth-order valence-corrected chi connectivity index (χ4v) is 3.61. The summed E-state index contributed by atoms with van der Waals surface area (Å²) < 4.78 is 0. The van der Waals surface area contributed by atoms with Crippen LogP contribution in [0, 0.1) is 0 Å². The zero-order valence-electron chi connectivity index (χ0n) is 10.7. The molecule has 1 aromatic rings. The van der Waals surface area contributed by atoms with Gasteiger partial charge in [-0.3, -0.25) is 4.90 Å². The number of rotatable bonds is 5. The zero-order valence-corrected chi connectivity index (χ0v) is 11.5. The number of aliphatic hydroxyl groups excluding tert-OH is 1. The molecule has 0 saturated carbocycles. The Kier molecular flexibility index (Phi) is 4.54. The van der Waals surface area contributed by atoms with Gasteiger partial charge >= 0.3 is 0 Å². The molecule has 2 rings (SSSR count). The van der Waals surface area contributed by atoms with Crippen molar-refractivity contribution >= 4 is 11.3 Å². The molecule has 0 bridgehead atoms. The molecule has 0 amide bonds. The van der Waals surface area contributed by atoms with Gasteiger partial charge < -0.3 is 5.11 Å². The molecular weight excluding hydrogens is 232 g/mol. The summed E-state index contributed by atoms with van der Waals surface area (Å²) in [6, 6.07) is 1.31. The third kappa shape index (κ3) is 3.27. The van der Waals surface area contributed by atoms with E-state index in [1.807, 2.05) is 6.20 Å². The summed E-state index contributed by atoms with van der Waals surface area (Å²) in [5.74, 6) is 0. The number of aromatic nitrogens is 1. The van der Waals surface area contributed by atoms with Crippen LogP contribution in [0.5, 0.6) is 0 Å². The van der Waals surface area contributed by atoms with Crippen LogP contribution in [-0.4, -0.2) is 40.2 Å². The number of nitrogens with zero attached hydrogens (tertiary/aromatic N) is 2. The maximum absolute atomic E-state index is 8.90. The Morgan fingerprint density at radius 2 is 2.41 bits per heavy atom. The predicted octanol–water partition coefficient (Wildman–Crippen LogP) is 2.09. The molecule has 3 nitrogen and oxygen atoms in total. The van der Waals surface area contributed by atoms with E-state index in [0.717, 1.165) is 12.8 Å². The molecule has 1 N–H and O–H groups in total. The summed E-state index contributed by atoms with van der Waals surface area (Å²) in [4.78, 5) is 8.27. The molecule has 1 saturated heterocycles. The minimum Gasteiger partial charge on any atom is -0.396 e. The van der Waals surface area contributed by atoms with Crippen molar-refractivity contribution in [3.8, 4) is 0 Å². The monoisotopic (exact) mass is 254 g/mol. The Labute approximate surface area is 107 Å². The van der Waals surface area contributed by atoms with E-state index in [0.29, 0.717) is 12.1 Å². The van der Waals surface area contributed by atoms with Gasteiger partial charge in [0.2, 0.25) is 0 Å². The molecule has 0 aliphatic carbocycles. The molecule has 0 radical (unpaired) electrons. The van der Waals surface area contributed by atoms with Crippen LogP contribution in [-0.2, 0) is 12.8 Å². The van der Waals surface area contributed by atoms with Crippen LogP contribution >= 0.6 is 11.3 Å². The first kappa shape index (κ1) is 13.0. The van der Waals surface area contributed by atoms with Crippen LogP contribution in [0.1, 0.15) is 36.6 Å². The molecule has 1 fully saturated rings. The van der Waals surface area contributed by atoms with Crippen molar-refractivity contribution in [2.75, 3.05) is 13.2 Å². The van der Waals surface area contributed by atoms with Crippen LogP contribution in [0.25, 0.3) is 0 Å². The van der Waals surface area contributed by atoms with Gasteiger partial charge in [0.15, 0.2) is 0 Å². The summed E-state index contributed by atoms with van der Waals surface area (Å²) in [7, 11) is 0. The smallest absolute Gasteiger partial charge is 0.0943 e. The topological polar surface area (TPSA) is 36.4 Å². The fourth-order valence-electron chi connectivity index (χ4n) is 2.63. The molecule has 2 heterocycles. The number of likely N-dealkylation sites (tertiary alicyclic amines) is 1. The predicted molar refractivity (Wildman–Crippen MR) is 71.5 cm³/mol. The van der Waals surface area contributed by atoms with Crippen molar-refractivity contribution in [1.29, 1.82) is 0 Å². The van der Waals surface area contributed by atoms with Crippen molar-refractivity contribution in [3.05, 3.63) is 16.1 Å². The summed E-state index contributed by atoms with van der Waals surface area (Å²) in [5.41, 5.74) is 0. The minimum atomic E-state index is 0.225.